The van der Waals surface area contributed by atoms with E-state index in [2.05, 4.69) is 4.52 Å². The summed E-state index contributed by atoms with van der Waals surface area (Å²) in [7, 11) is 1.97. The molecule has 0 aromatic heterocycles. The first-order valence-corrected chi connectivity index (χ1v) is 3.77. The summed E-state index contributed by atoms with van der Waals surface area (Å²) in [6.07, 6.45) is 0. The van der Waals surface area contributed by atoms with Crippen molar-refractivity contribution < 1.29 is 9.32 Å². The van der Waals surface area contributed by atoms with Crippen LogP contribution >= 0.6 is 9.47 Å². The maximum absolute atomic E-state index is 10.9. The largest absolute Gasteiger partial charge is 0.451 e. The average Bonchev–Trinajstić information content (AvgIpc) is 1.83. The molecule has 0 N–H and O–H groups in total. The van der Waals surface area contributed by atoms with Gasteiger partial charge in [-0.05, 0) is 5.41 Å². The minimum absolute atomic E-state index is 0.00630. The Morgan fingerprint density at radius 2 is 1.90 bits per heavy atom. The molecule has 0 heterocycles. The summed E-state index contributed by atoms with van der Waals surface area (Å²) in [4.78, 5) is 10.9. The quantitative estimate of drug-likeness (QED) is 0.551. The Morgan fingerprint density at radius 1 is 1.50 bits per heavy atom. The molecule has 0 rings (SSSR count). The number of hydrogen-bond acceptors (Lipinski definition) is 2. The molecule has 0 aliphatic carbocycles. The minimum atomic E-state index is -0.169. The average molecular weight is 162 g/mol. The lowest BCUT2D eigenvalue weighted by Crippen LogP contribution is -2.25. The Kier molecular flexibility index (Phi) is 3.30. The van der Waals surface area contributed by atoms with Gasteiger partial charge in [0.05, 0.1) is 15.4 Å². The fourth-order valence-corrected chi connectivity index (χ4v) is 0.660. The monoisotopic (exact) mass is 162 g/mol. The van der Waals surface area contributed by atoms with Crippen molar-refractivity contribution in [2.45, 2.75) is 27.7 Å². The van der Waals surface area contributed by atoms with E-state index in [4.69, 9.17) is 0 Å². The molecule has 0 saturated heterocycles. The van der Waals surface area contributed by atoms with Crippen LogP contribution in [0.4, 0.5) is 0 Å². The van der Waals surface area contributed by atoms with E-state index in [-0.39, 0.29) is 17.3 Å². The van der Waals surface area contributed by atoms with Gasteiger partial charge in [-0.3, -0.25) is 4.79 Å². The van der Waals surface area contributed by atoms with E-state index in [0.717, 1.165) is 0 Å². The van der Waals surface area contributed by atoms with Crippen LogP contribution < -0.4 is 0 Å². The second-order valence-corrected chi connectivity index (χ2v) is 3.76. The molecule has 3 heteroatoms. The maximum atomic E-state index is 10.9. The van der Waals surface area contributed by atoms with Gasteiger partial charge >= 0.3 is 5.97 Å². The van der Waals surface area contributed by atoms with Gasteiger partial charge in [0.15, 0.2) is 0 Å². The van der Waals surface area contributed by atoms with Gasteiger partial charge in [-0.15, -0.1) is 0 Å². The van der Waals surface area contributed by atoms with E-state index >= 15 is 0 Å². The first kappa shape index (κ1) is 9.90. The van der Waals surface area contributed by atoms with E-state index in [1.807, 2.05) is 37.2 Å². The molecule has 0 fully saturated rings. The van der Waals surface area contributed by atoms with E-state index in [9.17, 15) is 4.79 Å². The topological polar surface area (TPSA) is 26.3 Å². The van der Waals surface area contributed by atoms with Gasteiger partial charge in [-0.25, -0.2) is 0 Å². The minimum Gasteiger partial charge on any atom is -0.451 e. The van der Waals surface area contributed by atoms with Gasteiger partial charge in [0, 0.05) is 0 Å². The second-order valence-electron chi connectivity index (χ2n) is 3.52. The Hall–Kier alpha value is -0.100. The highest BCUT2D eigenvalue weighted by atomic mass is 31.0. The van der Waals surface area contributed by atoms with Crippen molar-refractivity contribution in [2.75, 3.05) is 0 Å². The molecule has 0 bridgehead atoms. The Balaban J connectivity index is 4.08. The van der Waals surface area contributed by atoms with Crippen LogP contribution in [0.3, 0.4) is 0 Å². The maximum Gasteiger partial charge on any atom is 0.311 e. The van der Waals surface area contributed by atoms with Gasteiger partial charge in [-0.1, -0.05) is 27.7 Å². The van der Waals surface area contributed by atoms with Crippen molar-refractivity contribution in [2.24, 2.45) is 11.3 Å². The lowest BCUT2D eigenvalue weighted by Gasteiger charge is -2.24. The van der Waals surface area contributed by atoms with Crippen molar-refractivity contribution in [1.29, 1.82) is 0 Å². The van der Waals surface area contributed by atoms with Gasteiger partial charge in [0.1, 0.15) is 0 Å². The van der Waals surface area contributed by atoms with Gasteiger partial charge in [0.2, 0.25) is 0 Å². The molecule has 0 aliphatic heterocycles. The van der Waals surface area contributed by atoms with Crippen LogP contribution in [0.2, 0.25) is 0 Å². The van der Waals surface area contributed by atoms with Crippen molar-refractivity contribution in [3.05, 3.63) is 0 Å². The smallest absolute Gasteiger partial charge is 0.311 e. The third kappa shape index (κ3) is 2.66. The Bertz CT molecular complexity index is 126. The normalized spacial score (nSPS) is 14.5. The molecule has 10 heavy (non-hydrogen) atoms. The molecular weight excluding hydrogens is 147 g/mol. The van der Waals surface area contributed by atoms with E-state index < -0.39 is 0 Å². The number of carbonyl (C=O) groups is 1. The summed E-state index contributed by atoms with van der Waals surface area (Å²) in [6.45, 7) is 7.91. The molecule has 0 aromatic carbocycles. The summed E-state index contributed by atoms with van der Waals surface area (Å²) >= 11 is 0. The molecule has 0 aromatic rings. The zero-order chi connectivity index (χ0) is 8.36. The molecular formula is C7H15O2P. The third-order valence-electron chi connectivity index (χ3n) is 1.77. The summed E-state index contributed by atoms with van der Waals surface area (Å²) < 4.78 is 4.52. The molecule has 0 spiro atoms. The van der Waals surface area contributed by atoms with Gasteiger partial charge in [-0.2, -0.15) is 0 Å². The van der Waals surface area contributed by atoms with Crippen molar-refractivity contribution in [3.8, 4) is 0 Å². The van der Waals surface area contributed by atoms with Crippen LogP contribution in [0.25, 0.3) is 0 Å². The summed E-state index contributed by atoms with van der Waals surface area (Å²) in [5.41, 5.74) is -0.00630. The molecule has 2 nitrogen and oxygen atoms in total. The predicted octanol–water partition coefficient (Wildman–Crippen LogP) is 2.00. The first-order chi connectivity index (χ1) is 4.39. The zero-order valence-corrected chi connectivity index (χ0v) is 8.13. The van der Waals surface area contributed by atoms with Crippen LogP contribution in [-0.4, -0.2) is 5.97 Å². The van der Waals surface area contributed by atoms with Crippen LogP contribution in [0.5, 0.6) is 0 Å². The predicted molar refractivity (Wildman–Crippen MR) is 44.4 cm³/mol. The summed E-state index contributed by atoms with van der Waals surface area (Å²) in [5.74, 6) is -0.220. The van der Waals surface area contributed by atoms with Crippen molar-refractivity contribution >= 4 is 15.4 Å². The highest BCUT2D eigenvalue weighted by Crippen LogP contribution is 2.26. The molecule has 2 unspecified atom stereocenters. The summed E-state index contributed by atoms with van der Waals surface area (Å²) in [5, 5.41) is 0. The SMILES string of the molecule is CC(C(=O)OP)C(C)(C)C. The fourth-order valence-electron chi connectivity index (χ4n) is 0.456. The third-order valence-corrected chi connectivity index (χ3v) is 2.00. The van der Waals surface area contributed by atoms with E-state index in [1.54, 1.807) is 0 Å². The van der Waals surface area contributed by atoms with Crippen molar-refractivity contribution in [1.82, 2.24) is 0 Å². The van der Waals surface area contributed by atoms with Crippen molar-refractivity contribution in [3.63, 3.8) is 0 Å². The lowest BCUT2D eigenvalue weighted by atomic mass is 9.82. The molecule has 0 amide bonds. The Morgan fingerprint density at radius 3 is 2.00 bits per heavy atom. The second kappa shape index (κ2) is 3.34. The molecule has 0 saturated carbocycles. The van der Waals surface area contributed by atoms with Crippen LogP contribution in [0.1, 0.15) is 27.7 Å². The Labute approximate surface area is 64.6 Å². The van der Waals surface area contributed by atoms with Gasteiger partial charge < -0.3 is 4.52 Å². The highest BCUT2D eigenvalue weighted by molar-refractivity contribution is 7.10. The highest BCUT2D eigenvalue weighted by Gasteiger charge is 2.27. The lowest BCUT2D eigenvalue weighted by molar-refractivity contribution is -0.140. The molecule has 0 radical (unpaired) electrons. The molecule has 60 valence electrons. The summed E-state index contributed by atoms with van der Waals surface area (Å²) in [6, 6.07) is 0. The van der Waals surface area contributed by atoms with E-state index in [0.29, 0.717) is 0 Å². The number of carbonyl (C=O) groups excluding carboxylic acids is 1. The molecule has 0 aliphatic rings. The van der Waals surface area contributed by atoms with Crippen LogP contribution in [-0.2, 0) is 9.32 Å². The van der Waals surface area contributed by atoms with Crippen LogP contribution in [0, 0.1) is 11.3 Å². The van der Waals surface area contributed by atoms with Crippen LogP contribution in [0.15, 0.2) is 0 Å². The van der Waals surface area contributed by atoms with Gasteiger partial charge in [0.25, 0.3) is 0 Å². The number of hydrogen-bond donors (Lipinski definition) is 0. The standard InChI is InChI=1S/C7H15O2P/c1-5(6(8)9-10)7(2,3)4/h5H,10H2,1-4H3. The number of rotatable bonds is 1. The fraction of sp³-hybridized carbons (Fsp3) is 0.857. The first-order valence-electron chi connectivity index (χ1n) is 3.30. The molecule has 2 atom stereocenters. The zero-order valence-electron chi connectivity index (χ0n) is 6.97. The van der Waals surface area contributed by atoms with E-state index in [1.165, 1.54) is 0 Å².